The van der Waals surface area contributed by atoms with Crippen LogP contribution in [0.15, 0.2) is 58.6 Å². The summed E-state index contributed by atoms with van der Waals surface area (Å²) in [5, 5.41) is 4.30. The van der Waals surface area contributed by atoms with E-state index in [9.17, 15) is 0 Å². The third-order valence-corrected chi connectivity index (χ3v) is 3.92. The lowest BCUT2D eigenvalue weighted by atomic mass is 10.2. The lowest BCUT2D eigenvalue weighted by Gasteiger charge is -2.19. The predicted octanol–water partition coefficient (Wildman–Crippen LogP) is 2.21. The second-order valence-corrected chi connectivity index (χ2v) is 5.60. The van der Waals surface area contributed by atoms with Gasteiger partial charge in [-0.1, -0.05) is 30.3 Å². The van der Waals surface area contributed by atoms with Crippen LogP contribution < -0.4 is 14.9 Å². The lowest BCUT2D eigenvalue weighted by molar-refractivity contribution is 0.174. The van der Waals surface area contributed by atoms with Crippen molar-refractivity contribution in [2.24, 2.45) is 10.1 Å². The third-order valence-electron chi connectivity index (χ3n) is 3.92. The minimum Gasteiger partial charge on any atom is -0.454 e. The van der Waals surface area contributed by atoms with E-state index in [4.69, 9.17) is 9.47 Å². The molecule has 2 heterocycles. The van der Waals surface area contributed by atoms with E-state index in [1.807, 2.05) is 36.4 Å². The quantitative estimate of drug-likeness (QED) is 0.693. The van der Waals surface area contributed by atoms with Crippen LogP contribution in [0.25, 0.3) is 0 Å². The molecule has 122 valence electrons. The number of aliphatic imine (C=N–C) groups is 1. The van der Waals surface area contributed by atoms with Crippen molar-refractivity contribution in [1.29, 1.82) is 0 Å². The monoisotopic (exact) mass is 322 g/mol. The number of ether oxygens (including phenoxy) is 2. The van der Waals surface area contributed by atoms with Crippen molar-refractivity contribution >= 4 is 12.2 Å². The Morgan fingerprint density at radius 2 is 2.00 bits per heavy atom. The topological polar surface area (TPSA) is 58.5 Å². The molecule has 1 N–H and O–H groups in total. The van der Waals surface area contributed by atoms with Crippen LogP contribution in [0.5, 0.6) is 11.5 Å². The van der Waals surface area contributed by atoms with Crippen LogP contribution in [0.1, 0.15) is 11.1 Å². The molecule has 2 aromatic carbocycles. The largest absolute Gasteiger partial charge is 0.454 e. The van der Waals surface area contributed by atoms with Crippen LogP contribution in [0, 0.1) is 0 Å². The summed E-state index contributed by atoms with van der Waals surface area (Å²) in [4.78, 5) is 6.66. The zero-order valence-electron chi connectivity index (χ0n) is 13.2. The molecular formula is C18H18N4O2. The van der Waals surface area contributed by atoms with Crippen molar-refractivity contribution in [3.63, 3.8) is 0 Å². The minimum atomic E-state index is 0.277. The van der Waals surface area contributed by atoms with Gasteiger partial charge in [0, 0.05) is 13.1 Å². The molecule has 2 aromatic rings. The second-order valence-electron chi connectivity index (χ2n) is 5.60. The number of nitrogens with one attached hydrogen (secondary N) is 1. The Hall–Kier alpha value is -3.02. The molecule has 2 aliphatic rings. The molecule has 0 aliphatic carbocycles. The fourth-order valence-corrected chi connectivity index (χ4v) is 2.70. The van der Waals surface area contributed by atoms with E-state index in [-0.39, 0.29) is 6.79 Å². The fourth-order valence-electron chi connectivity index (χ4n) is 2.70. The highest BCUT2D eigenvalue weighted by Gasteiger charge is 2.16. The number of nitrogens with zero attached hydrogens (tertiary/aromatic N) is 3. The van der Waals surface area contributed by atoms with E-state index >= 15 is 0 Å². The molecule has 4 rings (SSSR count). The molecule has 0 radical (unpaired) electrons. The average Bonchev–Trinajstić information content (AvgIpc) is 3.25. The Kier molecular flexibility index (Phi) is 4.02. The first-order chi connectivity index (χ1) is 11.9. The number of guanidine groups is 1. The van der Waals surface area contributed by atoms with E-state index in [0.29, 0.717) is 0 Å². The molecule has 0 saturated heterocycles. The van der Waals surface area contributed by atoms with Crippen molar-refractivity contribution in [3.8, 4) is 11.5 Å². The first-order valence-electron chi connectivity index (χ1n) is 7.90. The maximum Gasteiger partial charge on any atom is 0.231 e. The molecule has 24 heavy (non-hydrogen) atoms. The van der Waals surface area contributed by atoms with Crippen LogP contribution in [0.4, 0.5) is 0 Å². The first kappa shape index (κ1) is 14.6. The maximum atomic E-state index is 5.37. The number of hydrogen-bond donors (Lipinski definition) is 1. The molecule has 0 saturated carbocycles. The molecule has 0 fully saturated rings. The lowest BCUT2D eigenvalue weighted by Crippen LogP contribution is -2.35. The zero-order chi connectivity index (χ0) is 16.2. The Labute approximate surface area is 140 Å². The zero-order valence-corrected chi connectivity index (χ0v) is 13.2. The summed E-state index contributed by atoms with van der Waals surface area (Å²) in [6.45, 7) is 2.79. The number of hydrogen-bond acceptors (Lipinski definition) is 6. The molecule has 6 heteroatoms. The van der Waals surface area contributed by atoms with Crippen molar-refractivity contribution < 1.29 is 9.47 Å². The summed E-state index contributed by atoms with van der Waals surface area (Å²) in [5.41, 5.74) is 5.24. The van der Waals surface area contributed by atoms with E-state index in [1.54, 1.807) is 6.21 Å². The Morgan fingerprint density at radius 3 is 2.92 bits per heavy atom. The predicted molar refractivity (Wildman–Crippen MR) is 92.4 cm³/mol. The smallest absolute Gasteiger partial charge is 0.231 e. The molecule has 0 atom stereocenters. The van der Waals surface area contributed by atoms with Gasteiger partial charge in [0.15, 0.2) is 11.5 Å². The Morgan fingerprint density at radius 1 is 1.12 bits per heavy atom. The average molecular weight is 322 g/mol. The Bertz CT molecular complexity index is 774. The van der Waals surface area contributed by atoms with Gasteiger partial charge in [0.2, 0.25) is 12.8 Å². The summed E-state index contributed by atoms with van der Waals surface area (Å²) in [6.07, 6.45) is 1.75. The van der Waals surface area contributed by atoms with Gasteiger partial charge in [-0.3, -0.25) is 0 Å². The summed E-state index contributed by atoms with van der Waals surface area (Å²) in [7, 11) is 0. The highest BCUT2D eigenvalue weighted by atomic mass is 16.7. The van der Waals surface area contributed by atoms with Gasteiger partial charge < -0.3 is 14.4 Å². The SMILES string of the molecule is C(=N\NC1=NCCN1Cc1ccccc1)/c1ccc2c(c1)OCO2. The third kappa shape index (κ3) is 3.17. The van der Waals surface area contributed by atoms with Crippen LogP contribution in [0.2, 0.25) is 0 Å². The highest BCUT2D eigenvalue weighted by molar-refractivity contribution is 5.85. The van der Waals surface area contributed by atoms with Gasteiger partial charge in [0.25, 0.3) is 0 Å². The summed E-state index contributed by atoms with van der Waals surface area (Å²) in [5.74, 6) is 2.33. The molecule has 6 nitrogen and oxygen atoms in total. The molecule has 0 bridgehead atoms. The van der Waals surface area contributed by atoms with E-state index < -0.39 is 0 Å². The number of benzene rings is 2. The van der Waals surface area contributed by atoms with Crippen LogP contribution in [-0.2, 0) is 6.54 Å². The second kappa shape index (κ2) is 6.62. The van der Waals surface area contributed by atoms with Gasteiger partial charge >= 0.3 is 0 Å². The van der Waals surface area contributed by atoms with Gasteiger partial charge in [0.05, 0.1) is 12.8 Å². The van der Waals surface area contributed by atoms with E-state index in [1.165, 1.54) is 5.56 Å². The van der Waals surface area contributed by atoms with Gasteiger partial charge in [-0.2, -0.15) is 5.10 Å². The van der Waals surface area contributed by atoms with E-state index in [0.717, 1.165) is 42.7 Å². The fraction of sp³-hybridized carbons (Fsp3) is 0.222. The molecule has 0 spiro atoms. The van der Waals surface area contributed by atoms with Gasteiger partial charge in [-0.25, -0.2) is 10.4 Å². The first-order valence-corrected chi connectivity index (χ1v) is 7.90. The number of fused-ring (bicyclic) bond motifs is 1. The number of rotatable bonds is 4. The molecular weight excluding hydrogens is 304 g/mol. The van der Waals surface area contributed by atoms with Crippen molar-refractivity contribution in [1.82, 2.24) is 10.3 Å². The minimum absolute atomic E-state index is 0.277. The standard InChI is InChI=1S/C18H18N4O2/c1-2-4-14(5-3-1)12-22-9-8-19-18(22)21-20-11-15-6-7-16-17(10-15)24-13-23-16/h1-7,10-11H,8-9,12-13H2,(H,19,21)/b20-11+. The summed E-state index contributed by atoms with van der Waals surface area (Å²) >= 11 is 0. The van der Waals surface area contributed by atoms with Crippen LogP contribution in [-0.4, -0.2) is 37.0 Å². The van der Waals surface area contributed by atoms with Crippen molar-refractivity contribution in [3.05, 3.63) is 59.7 Å². The molecule has 0 unspecified atom stereocenters. The summed E-state index contributed by atoms with van der Waals surface area (Å²) < 4.78 is 10.7. The highest BCUT2D eigenvalue weighted by Crippen LogP contribution is 2.31. The van der Waals surface area contributed by atoms with Crippen molar-refractivity contribution in [2.75, 3.05) is 19.9 Å². The van der Waals surface area contributed by atoms with E-state index in [2.05, 4.69) is 32.6 Å². The van der Waals surface area contributed by atoms with Gasteiger partial charge in [0.1, 0.15) is 0 Å². The maximum absolute atomic E-state index is 5.37. The van der Waals surface area contributed by atoms with Crippen LogP contribution >= 0.6 is 0 Å². The number of hydrazone groups is 1. The van der Waals surface area contributed by atoms with Crippen molar-refractivity contribution in [2.45, 2.75) is 6.54 Å². The molecule has 0 amide bonds. The van der Waals surface area contributed by atoms with Crippen LogP contribution in [0.3, 0.4) is 0 Å². The molecule has 2 aliphatic heterocycles. The van der Waals surface area contributed by atoms with Gasteiger partial charge in [-0.05, 0) is 29.3 Å². The Balaban J connectivity index is 1.38. The normalized spacial score (nSPS) is 15.8. The molecule has 0 aromatic heterocycles. The van der Waals surface area contributed by atoms with Gasteiger partial charge in [-0.15, -0.1) is 0 Å². The summed E-state index contributed by atoms with van der Waals surface area (Å²) in [6, 6.07) is 16.1.